The van der Waals surface area contributed by atoms with E-state index in [9.17, 15) is 4.79 Å². The fraction of sp³-hybridized carbons (Fsp3) is 0.923. The molecule has 1 amide bonds. The van der Waals surface area contributed by atoms with E-state index < -0.39 is 5.60 Å². The molecule has 106 valence electrons. The summed E-state index contributed by atoms with van der Waals surface area (Å²) < 4.78 is 5.46. The maximum Gasteiger partial charge on any atom is 0.410 e. The van der Waals surface area contributed by atoms with E-state index in [0.717, 1.165) is 25.9 Å². The fourth-order valence-corrected chi connectivity index (χ4v) is 2.06. The van der Waals surface area contributed by atoms with Crippen molar-refractivity contribution in [3.8, 4) is 0 Å². The van der Waals surface area contributed by atoms with E-state index in [-0.39, 0.29) is 12.1 Å². The molecular weight excluding hydrogens is 230 g/mol. The number of rotatable bonds is 3. The lowest BCUT2D eigenvalue weighted by Crippen LogP contribution is -2.51. The number of ether oxygens (including phenoxy) is 1. The van der Waals surface area contributed by atoms with Crippen LogP contribution in [0.3, 0.4) is 0 Å². The second-order valence-corrected chi connectivity index (χ2v) is 6.08. The fourth-order valence-electron chi connectivity index (χ4n) is 2.06. The van der Waals surface area contributed by atoms with Gasteiger partial charge in [0.1, 0.15) is 5.60 Å². The molecule has 1 fully saturated rings. The van der Waals surface area contributed by atoms with Gasteiger partial charge in [0.25, 0.3) is 0 Å². The highest BCUT2D eigenvalue weighted by Crippen LogP contribution is 2.19. The number of likely N-dealkylation sites (tertiary alicyclic amines) is 1. The Balaban J connectivity index is 2.55. The third kappa shape index (κ3) is 5.23. The molecular formula is C13H27N3O2. The summed E-state index contributed by atoms with van der Waals surface area (Å²) in [5.74, 6) is 0. The lowest BCUT2D eigenvalue weighted by Gasteiger charge is -2.37. The number of carbonyl (C=O) groups is 1. The minimum atomic E-state index is -0.423. The SMILES string of the molecule is CN(C)NCC1CCCCN1C(=O)OC(C)(C)C. The predicted molar refractivity (Wildman–Crippen MR) is 72.3 cm³/mol. The molecule has 1 N–H and O–H groups in total. The van der Waals surface area contributed by atoms with E-state index in [1.54, 1.807) is 0 Å². The maximum absolute atomic E-state index is 12.1. The van der Waals surface area contributed by atoms with Gasteiger partial charge in [0.2, 0.25) is 0 Å². The number of hydrogen-bond donors (Lipinski definition) is 1. The van der Waals surface area contributed by atoms with Crippen LogP contribution in [0.15, 0.2) is 0 Å². The van der Waals surface area contributed by atoms with Gasteiger partial charge in [0.15, 0.2) is 0 Å². The zero-order chi connectivity index (χ0) is 13.8. The van der Waals surface area contributed by atoms with Crippen LogP contribution in [0.1, 0.15) is 40.0 Å². The van der Waals surface area contributed by atoms with Crippen molar-refractivity contribution >= 4 is 6.09 Å². The Kier molecular flexibility index (Phi) is 5.41. The van der Waals surface area contributed by atoms with Crippen LogP contribution < -0.4 is 5.43 Å². The van der Waals surface area contributed by atoms with Crippen molar-refractivity contribution in [3.05, 3.63) is 0 Å². The molecule has 1 heterocycles. The van der Waals surface area contributed by atoms with Crippen molar-refractivity contribution < 1.29 is 9.53 Å². The Morgan fingerprint density at radius 3 is 2.61 bits per heavy atom. The summed E-state index contributed by atoms with van der Waals surface area (Å²) in [4.78, 5) is 14.0. The average molecular weight is 257 g/mol. The lowest BCUT2D eigenvalue weighted by molar-refractivity contribution is 0.00812. The monoisotopic (exact) mass is 257 g/mol. The number of nitrogens with zero attached hydrogens (tertiary/aromatic N) is 2. The molecule has 0 radical (unpaired) electrons. The van der Waals surface area contributed by atoms with Crippen LogP contribution in [0.2, 0.25) is 0 Å². The topological polar surface area (TPSA) is 44.8 Å². The first-order valence-electron chi connectivity index (χ1n) is 6.70. The van der Waals surface area contributed by atoms with E-state index >= 15 is 0 Å². The minimum absolute atomic E-state index is 0.187. The predicted octanol–water partition coefficient (Wildman–Crippen LogP) is 1.84. The molecule has 1 unspecified atom stereocenters. The average Bonchev–Trinajstić information content (AvgIpc) is 2.24. The van der Waals surface area contributed by atoms with Gasteiger partial charge < -0.3 is 9.64 Å². The van der Waals surface area contributed by atoms with Crippen LogP contribution in [0, 0.1) is 0 Å². The van der Waals surface area contributed by atoms with Gasteiger partial charge in [0.05, 0.1) is 0 Å². The third-order valence-electron chi connectivity index (χ3n) is 2.90. The van der Waals surface area contributed by atoms with Gasteiger partial charge >= 0.3 is 6.09 Å². The number of amides is 1. The second kappa shape index (κ2) is 6.38. The summed E-state index contributed by atoms with van der Waals surface area (Å²) in [7, 11) is 3.92. The zero-order valence-electron chi connectivity index (χ0n) is 12.3. The largest absolute Gasteiger partial charge is 0.444 e. The lowest BCUT2D eigenvalue weighted by atomic mass is 10.0. The number of carbonyl (C=O) groups excluding carboxylic acids is 1. The molecule has 1 rings (SSSR count). The van der Waals surface area contributed by atoms with E-state index in [4.69, 9.17) is 4.74 Å². The molecule has 18 heavy (non-hydrogen) atoms. The number of nitrogens with one attached hydrogen (secondary N) is 1. The molecule has 0 aromatic heterocycles. The number of hydrazine groups is 1. The second-order valence-electron chi connectivity index (χ2n) is 6.08. The first-order valence-corrected chi connectivity index (χ1v) is 6.70. The molecule has 5 nitrogen and oxygen atoms in total. The molecule has 0 aromatic rings. The van der Waals surface area contributed by atoms with Crippen LogP contribution in [0.4, 0.5) is 4.79 Å². The molecule has 0 saturated carbocycles. The molecule has 1 atom stereocenters. The quantitative estimate of drug-likeness (QED) is 0.784. The minimum Gasteiger partial charge on any atom is -0.444 e. The zero-order valence-corrected chi connectivity index (χ0v) is 12.3. The molecule has 0 aliphatic carbocycles. The standard InChI is InChI=1S/C13H27N3O2/c1-13(2,3)18-12(17)16-9-7-6-8-11(16)10-14-15(4)5/h11,14H,6-10H2,1-5H3. The highest BCUT2D eigenvalue weighted by Gasteiger charge is 2.30. The van der Waals surface area contributed by atoms with Gasteiger partial charge in [-0.05, 0) is 40.0 Å². The Labute approximate surface area is 110 Å². The Bertz CT molecular complexity index is 274. The summed E-state index contributed by atoms with van der Waals surface area (Å²) in [6, 6.07) is 0.232. The third-order valence-corrected chi connectivity index (χ3v) is 2.90. The summed E-state index contributed by atoms with van der Waals surface area (Å²) in [5.41, 5.74) is 2.82. The maximum atomic E-state index is 12.1. The molecule has 1 aliphatic rings. The Hall–Kier alpha value is -0.810. The summed E-state index contributed by atoms with van der Waals surface area (Å²) in [5, 5.41) is 1.92. The molecule has 0 spiro atoms. The van der Waals surface area contributed by atoms with E-state index in [1.165, 1.54) is 6.42 Å². The normalized spacial score (nSPS) is 21.2. The number of hydrogen-bond acceptors (Lipinski definition) is 4. The van der Waals surface area contributed by atoms with E-state index in [2.05, 4.69) is 5.43 Å². The van der Waals surface area contributed by atoms with Crippen LogP contribution in [-0.4, -0.2) is 54.8 Å². The van der Waals surface area contributed by atoms with Crippen LogP contribution >= 0.6 is 0 Å². The van der Waals surface area contributed by atoms with Crippen LogP contribution in [0.5, 0.6) is 0 Å². The van der Waals surface area contributed by atoms with Gasteiger partial charge in [-0.3, -0.25) is 10.4 Å². The smallest absolute Gasteiger partial charge is 0.410 e. The van der Waals surface area contributed by atoms with Crippen molar-refractivity contribution in [2.45, 2.75) is 51.7 Å². The summed E-state index contributed by atoms with van der Waals surface area (Å²) in [6.45, 7) is 7.30. The molecule has 5 heteroatoms. The van der Waals surface area contributed by atoms with Crippen molar-refractivity contribution in [2.24, 2.45) is 0 Å². The van der Waals surface area contributed by atoms with Gasteiger partial charge in [-0.15, -0.1) is 0 Å². The molecule has 0 bridgehead atoms. The summed E-state index contributed by atoms with van der Waals surface area (Å²) in [6.07, 6.45) is 3.10. The van der Waals surface area contributed by atoms with Crippen molar-refractivity contribution in [2.75, 3.05) is 27.2 Å². The van der Waals surface area contributed by atoms with Gasteiger partial charge in [-0.1, -0.05) is 0 Å². The highest BCUT2D eigenvalue weighted by molar-refractivity contribution is 5.68. The Morgan fingerprint density at radius 2 is 2.06 bits per heavy atom. The molecule has 0 aromatic carbocycles. The van der Waals surface area contributed by atoms with Crippen molar-refractivity contribution in [1.29, 1.82) is 0 Å². The van der Waals surface area contributed by atoms with Gasteiger partial charge in [-0.2, -0.15) is 0 Å². The Morgan fingerprint density at radius 1 is 1.39 bits per heavy atom. The van der Waals surface area contributed by atoms with Gasteiger partial charge in [-0.25, -0.2) is 4.79 Å². The van der Waals surface area contributed by atoms with E-state index in [1.807, 2.05) is 44.8 Å². The van der Waals surface area contributed by atoms with Crippen molar-refractivity contribution in [3.63, 3.8) is 0 Å². The molecule has 1 aliphatic heterocycles. The molecule has 1 saturated heterocycles. The van der Waals surface area contributed by atoms with Crippen LogP contribution in [0.25, 0.3) is 0 Å². The first-order chi connectivity index (χ1) is 8.29. The highest BCUT2D eigenvalue weighted by atomic mass is 16.6. The number of piperidine rings is 1. The first kappa shape index (κ1) is 15.2. The van der Waals surface area contributed by atoms with E-state index in [0.29, 0.717) is 0 Å². The van der Waals surface area contributed by atoms with Crippen LogP contribution in [-0.2, 0) is 4.74 Å². The van der Waals surface area contributed by atoms with Gasteiger partial charge in [0, 0.05) is 33.2 Å². The summed E-state index contributed by atoms with van der Waals surface area (Å²) >= 11 is 0. The van der Waals surface area contributed by atoms with Crippen molar-refractivity contribution in [1.82, 2.24) is 15.3 Å².